The summed E-state index contributed by atoms with van der Waals surface area (Å²) in [5.41, 5.74) is 6.08. The number of hydrogen-bond acceptors (Lipinski definition) is 2. The van der Waals surface area contributed by atoms with E-state index in [1.54, 1.807) is 0 Å². The Labute approximate surface area is 141 Å². The number of hydrogen-bond donors (Lipinski definition) is 1. The van der Waals surface area contributed by atoms with Gasteiger partial charge in [0, 0.05) is 11.6 Å². The molecule has 1 fully saturated rings. The summed E-state index contributed by atoms with van der Waals surface area (Å²) in [7, 11) is 0. The van der Waals surface area contributed by atoms with E-state index in [-0.39, 0.29) is 5.41 Å². The minimum Gasteiger partial charge on any atom is -0.317 e. The highest BCUT2D eigenvalue weighted by molar-refractivity contribution is 5.73. The van der Waals surface area contributed by atoms with Gasteiger partial charge in [0.25, 0.3) is 0 Å². The number of nitrogens with zero attached hydrogens (tertiary/aromatic N) is 1. The number of nitrogens with one attached hydrogen (secondary N) is 1. The molecule has 0 saturated carbocycles. The SMILES string of the molecule is C/C=C\CC/C=C/C1(C2=C=CC/C(CC)=C\C=N\2)CCNCC1. The van der Waals surface area contributed by atoms with Gasteiger partial charge in [0.2, 0.25) is 0 Å². The van der Waals surface area contributed by atoms with Gasteiger partial charge < -0.3 is 5.32 Å². The first kappa shape index (κ1) is 17.7. The second-order valence-electron chi connectivity index (χ2n) is 6.31. The van der Waals surface area contributed by atoms with Crippen molar-refractivity contribution >= 4 is 6.21 Å². The first-order valence-electron chi connectivity index (χ1n) is 8.98. The summed E-state index contributed by atoms with van der Waals surface area (Å²) in [4.78, 5) is 4.77. The van der Waals surface area contributed by atoms with Crippen molar-refractivity contribution in [1.29, 1.82) is 0 Å². The van der Waals surface area contributed by atoms with E-state index in [4.69, 9.17) is 4.99 Å². The third-order valence-corrected chi connectivity index (χ3v) is 4.71. The van der Waals surface area contributed by atoms with Crippen LogP contribution in [0.5, 0.6) is 0 Å². The summed E-state index contributed by atoms with van der Waals surface area (Å²) in [6.07, 6.45) is 21.9. The normalized spacial score (nSPS) is 25.0. The van der Waals surface area contributed by atoms with E-state index in [0.717, 1.165) is 57.3 Å². The highest BCUT2D eigenvalue weighted by Gasteiger charge is 2.33. The molecule has 0 bridgehead atoms. The minimum absolute atomic E-state index is 0.0474. The van der Waals surface area contributed by atoms with Crippen LogP contribution < -0.4 is 5.32 Å². The monoisotopic (exact) mass is 310 g/mol. The van der Waals surface area contributed by atoms with E-state index >= 15 is 0 Å². The lowest BCUT2D eigenvalue weighted by Crippen LogP contribution is -2.36. The molecular formula is C21H30N2. The molecule has 0 radical (unpaired) electrons. The maximum atomic E-state index is 4.77. The minimum atomic E-state index is 0.0474. The van der Waals surface area contributed by atoms with Crippen LogP contribution in [0.3, 0.4) is 0 Å². The van der Waals surface area contributed by atoms with Crippen LogP contribution in [-0.2, 0) is 0 Å². The molecule has 1 saturated heterocycles. The molecule has 23 heavy (non-hydrogen) atoms. The summed E-state index contributed by atoms with van der Waals surface area (Å²) >= 11 is 0. The molecule has 2 heterocycles. The van der Waals surface area contributed by atoms with Gasteiger partial charge in [0.1, 0.15) is 0 Å². The lowest BCUT2D eigenvalue weighted by atomic mass is 9.75. The van der Waals surface area contributed by atoms with Crippen LogP contribution >= 0.6 is 0 Å². The zero-order chi connectivity index (χ0) is 16.4. The van der Waals surface area contributed by atoms with Crippen molar-refractivity contribution in [3.63, 3.8) is 0 Å². The van der Waals surface area contributed by atoms with E-state index in [1.165, 1.54) is 5.57 Å². The number of unbranched alkanes of at least 4 members (excludes halogenated alkanes) is 1. The van der Waals surface area contributed by atoms with Crippen LogP contribution in [0.4, 0.5) is 0 Å². The van der Waals surface area contributed by atoms with Crippen molar-refractivity contribution in [3.05, 3.63) is 53.5 Å². The molecule has 124 valence electrons. The van der Waals surface area contributed by atoms with Crippen molar-refractivity contribution < 1.29 is 0 Å². The van der Waals surface area contributed by atoms with Crippen LogP contribution in [0.15, 0.2) is 58.4 Å². The van der Waals surface area contributed by atoms with Crippen LogP contribution in [0.25, 0.3) is 0 Å². The topological polar surface area (TPSA) is 24.4 Å². The molecule has 0 aliphatic carbocycles. The van der Waals surface area contributed by atoms with Gasteiger partial charge in [-0.25, -0.2) is 0 Å². The van der Waals surface area contributed by atoms with E-state index in [9.17, 15) is 0 Å². The number of allylic oxidation sites excluding steroid dienone is 6. The van der Waals surface area contributed by atoms with Crippen LogP contribution in [-0.4, -0.2) is 19.3 Å². The van der Waals surface area contributed by atoms with E-state index in [2.05, 4.69) is 61.4 Å². The molecule has 2 aliphatic rings. The number of aliphatic imine (C=N–C) groups is 1. The van der Waals surface area contributed by atoms with Gasteiger partial charge in [-0.3, -0.25) is 4.99 Å². The Hall–Kier alpha value is -1.63. The van der Waals surface area contributed by atoms with Gasteiger partial charge in [0.05, 0.1) is 5.70 Å². The average Bonchev–Trinajstić information content (AvgIpc) is 2.55. The molecular weight excluding hydrogens is 280 g/mol. The quantitative estimate of drug-likeness (QED) is 0.411. The maximum Gasteiger partial charge on any atom is 0.0918 e. The van der Waals surface area contributed by atoms with Gasteiger partial charge in [-0.15, -0.1) is 5.73 Å². The van der Waals surface area contributed by atoms with Crippen LogP contribution in [0.2, 0.25) is 0 Å². The Kier molecular flexibility index (Phi) is 7.32. The average molecular weight is 310 g/mol. The zero-order valence-corrected chi connectivity index (χ0v) is 14.6. The molecule has 2 rings (SSSR count). The highest BCUT2D eigenvalue weighted by atomic mass is 14.9. The van der Waals surface area contributed by atoms with Gasteiger partial charge in [0.15, 0.2) is 0 Å². The molecule has 1 N–H and O–H groups in total. The fourth-order valence-electron chi connectivity index (χ4n) is 3.16. The molecule has 2 nitrogen and oxygen atoms in total. The van der Waals surface area contributed by atoms with Crippen molar-refractivity contribution in [1.82, 2.24) is 5.32 Å². The fourth-order valence-corrected chi connectivity index (χ4v) is 3.16. The zero-order valence-electron chi connectivity index (χ0n) is 14.6. The molecule has 0 aromatic rings. The second-order valence-corrected chi connectivity index (χ2v) is 6.31. The van der Waals surface area contributed by atoms with Crippen molar-refractivity contribution in [2.45, 2.75) is 52.4 Å². The Morgan fingerprint density at radius 1 is 1.26 bits per heavy atom. The van der Waals surface area contributed by atoms with Crippen molar-refractivity contribution in [3.8, 4) is 0 Å². The smallest absolute Gasteiger partial charge is 0.0918 e. The van der Waals surface area contributed by atoms with Crippen LogP contribution in [0.1, 0.15) is 52.4 Å². The Balaban J connectivity index is 2.19. The predicted molar refractivity (Wildman–Crippen MR) is 101 cm³/mol. The Morgan fingerprint density at radius 3 is 2.78 bits per heavy atom. The second kappa shape index (κ2) is 9.50. The van der Waals surface area contributed by atoms with E-state index in [0.29, 0.717) is 0 Å². The van der Waals surface area contributed by atoms with Crippen molar-refractivity contribution in [2.75, 3.05) is 13.1 Å². The fraction of sp³-hybridized carbons (Fsp3) is 0.524. The third kappa shape index (κ3) is 5.20. The van der Waals surface area contributed by atoms with E-state index in [1.807, 2.05) is 6.21 Å². The summed E-state index contributed by atoms with van der Waals surface area (Å²) in [5, 5.41) is 3.47. The first-order chi connectivity index (χ1) is 11.3. The van der Waals surface area contributed by atoms with Gasteiger partial charge in [-0.05, 0) is 70.7 Å². The molecule has 0 atom stereocenters. The molecule has 2 aliphatic heterocycles. The third-order valence-electron chi connectivity index (χ3n) is 4.71. The summed E-state index contributed by atoms with van der Waals surface area (Å²) in [6, 6.07) is 0. The maximum absolute atomic E-state index is 4.77. The number of rotatable bonds is 6. The molecule has 0 amide bonds. The van der Waals surface area contributed by atoms with Crippen molar-refractivity contribution in [2.24, 2.45) is 10.4 Å². The standard InChI is InChI=1S/C21H30N2/c1-3-5-6-7-8-13-21(14-17-22-18-15-21)20-11-9-10-19(4-2)12-16-23-20/h3,5,8-9,12-13,16,22H,4,6-7,10,14-15,17-18H2,1-2H3/b5-3-,13-8+,19-12-,23-16+. The summed E-state index contributed by atoms with van der Waals surface area (Å²) in [5.74, 6) is 0. The molecule has 0 unspecified atom stereocenters. The lowest BCUT2D eigenvalue weighted by Gasteiger charge is -2.34. The largest absolute Gasteiger partial charge is 0.317 e. The predicted octanol–water partition coefficient (Wildman–Crippen LogP) is 5.12. The van der Waals surface area contributed by atoms with Gasteiger partial charge >= 0.3 is 0 Å². The first-order valence-corrected chi connectivity index (χ1v) is 8.98. The summed E-state index contributed by atoms with van der Waals surface area (Å²) < 4.78 is 0. The molecule has 0 spiro atoms. The number of piperidine rings is 1. The van der Waals surface area contributed by atoms with Crippen LogP contribution in [0, 0.1) is 5.41 Å². The Bertz CT molecular complexity index is 548. The van der Waals surface area contributed by atoms with Gasteiger partial charge in [-0.1, -0.05) is 36.8 Å². The van der Waals surface area contributed by atoms with E-state index < -0.39 is 0 Å². The Morgan fingerprint density at radius 2 is 2.04 bits per heavy atom. The summed E-state index contributed by atoms with van der Waals surface area (Å²) in [6.45, 7) is 6.38. The highest BCUT2D eigenvalue weighted by Crippen LogP contribution is 2.39. The molecule has 2 heteroatoms. The molecule has 0 aromatic heterocycles. The lowest BCUT2D eigenvalue weighted by molar-refractivity contribution is 0.321. The molecule has 0 aromatic carbocycles. The van der Waals surface area contributed by atoms with Gasteiger partial charge in [-0.2, -0.15) is 0 Å².